The van der Waals surface area contributed by atoms with Crippen LogP contribution in [0.5, 0.6) is 0 Å². The maximum Gasteiger partial charge on any atom is 0.135 e. The summed E-state index contributed by atoms with van der Waals surface area (Å²) in [5.74, 6) is 1.13. The van der Waals surface area contributed by atoms with Gasteiger partial charge in [-0.25, -0.2) is 9.97 Å². The van der Waals surface area contributed by atoms with Crippen LogP contribution >= 0.6 is 11.6 Å². The largest absolute Gasteiger partial charge is 0.381 e. The first-order valence-corrected chi connectivity index (χ1v) is 6.47. The van der Waals surface area contributed by atoms with Crippen molar-refractivity contribution in [3.63, 3.8) is 0 Å². The highest BCUT2D eigenvalue weighted by atomic mass is 35.5. The third kappa shape index (κ3) is 3.17. The van der Waals surface area contributed by atoms with Crippen LogP contribution in [0.1, 0.15) is 51.0 Å². The molecule has 1 aliphatic rings. The van der Waals surface area contributed by atoms with Crippen molar-refractivity contribution in [2.75, 3.05) is 13.2 Å². The Labute approximate surface area is 108 Å². The second-order valence-corrected chi connectivity index (χ2v) is 5.99. The van der Waals surface area contributed by atoms with Crippen LogP contribution in [-0.4, -0.2) is 23.2 Å². The van der Waals surface area contributed by atoms with E-state index in [2.05, 4.69) is 30.7 Å². The molecule has 0 radical (unpaired) electrons. The molecule has 0 bridgehead atoms. The van der Waals surface area contributed by atoms with E-state index in [9.17, 15) is 0 Å². The Hall–Kier alpha value is -0.670. The van der Waals surface area contributed by atoms with Crippen LogP contribution in [0.25, 0.3) is 0 Å². The molecule has 1 aromatic rings. The Morgan fingerprint density at radius 3 is 2.71 bits per heavy atom. The molecular formula is C13H19ClN2O. The number of nitrogens with zero attached hydrogens (tertiary/aromatic N) is 2. The smallest absolute Gasteiger partial charge is 0.135 e. The molecule has 1 aliphatic heterocycles. The molecule has 2 rings (SSSR count). The predicted octanol–water partition coefficient (Wildman–Crippen LogP) is 3.32. The first kappa shape index (κ1) is 12.8. The lowest BCUT2D eigenvalue weighted by molar-refractivity contribution is 0.0779. The van der Waals surface area contributed by atoms with Gasteiger partial charge in [0.2, 0.25) is 0 Å². The van der Waals surface area contributed by atoms with Crippen LogP contribution in [0.15, 0.2) is 6.07 Å². The van der Waals surface area contributed by atoms with E-state index in [1.807, 2.05) is 6.07 Å². The van der Waals surface area contributed by atoms with Gasteiger partial charge in [0.1, 0.15) is 11.0 Å². The van der Waals surface area contributed by atoms with Crippen molar-refractivity contribution in [1.29, 1.82) is 0 Å². The molecule has 94 valence electrons. The van der Waals surface area contributed by atoms with Gasteiger partial charge in [0, 0.05) is 17.9 Å². The quantitative estimate of drug-likeness (QED) is 0.721. The standard InChI is InChI=1S/C13H19ClN2O/c1-13(2,3)10-7-11(14)16-12(15-10)9-5-4-6-17-8-9/h7,9H,4-6,8H2,1-3H3. The van der Waals surface area contributed by atoms with Crippen molar-refractivity contribution in [1.82, 2.24) is 9.97 Å². The molecule has 0 aliphatic carbocycles. The Morgan fingerprint density at radius 1 is 1.35 bits per heavy atom. The summed E-state index contributed by atoms with van der Waals surface area (Å²) in [6.07, 6.45) is 2.16. The monoisotopic (exact) mass is 254 g/mol. The molecule has 1 aromatic heterocycles. The average Bonchev–Trinajstić information content (AvgIpc) is 2.28. The van der Waals surface area contributed by atoms with Crippen LogP contribution in [0, 0.1) is 0 Å². The van der Waals surface area contributed by atoms with Crippen LogP contribution in [-0.2, 0) is 10.2 Å². The summed E-state index contributed by atoms with van der Waals surface area (Å²) in [7, 11) is 0. The number of rotatable bonds is 1. The highest BCUT2D eigenvalue weighted by Crippen LogP contribution is 2.27. The molecule has 0 aromatic carbocycles. The SMILES string of the molecule is CC(C)(C)c1cc(Cl)nc(C2CCCOC2)n1. The van der Waals surface area contributed by atoms with E-state index in [4.69, 9.17) is 16.3 Å². The Balaban J connectivity index is 2.31. The van der Waals surface area contributed by atoms with Crippen molar-refractivity contribution in [2.24, 2.45) is 0 Å². The van der Waals surface area contributed by atoms with E-state index in [1.54, 1.807) is 0 Å². The summed E-state index contributed by atoms with van der Waals surface area (Å²) >= 11 is 6.08. The third-order valence-electron chi connectivity index (χ3n) is 3.01. The molecule has 0 saturated carbocycles. The summed E-state index contributed by atoms with van der Waals surface area (Å²) < 4.78 is 5.48. The average molecular weight is 255 g/mol. The highest BCUT2D eigenvalue weighted by Gasteiger charge is 2.23. The fraction of sp³-hybridized carbons (Fsp3) is 0.692. The van der Waals surface area contributed by atoms with Gasteiger partial charge in [0.05, 0.1) is 12.3 Å². The van der Waals surface area contributed by atoms with Gasteiger partial charge in [-0.05, 0) is 18.9 Å². The van der Waals surface area contributed by atoms with Crippen molar-refractivity contribution in [2.45, 2.75) is 44.9 Å². The van der Waals surface area contributed by atoms with Crippen molar-refractivity contribution in [3.05, 3.63) is 22.7 Å². The van der Waals surface area contributed by atoms with E-state index in [1.165, 1.54) is 0 Å². The normalized spacial score (nSPS) is 21.5. The highest BCUT2D eigenvalue weighted by molar-refractivity contribution is 6.29. The molecule has 2 heterocycles. The van der Waals surface area contributed by atoms with Crippen LogP contribution in [0.3, 0.4) is 0 Å². The molecule has 3 nitrogen and oxygen atoms in total. The van der Waals surface area contributed by atoms with Gasteiger partial charge >= 0.3 is 0 Å². The molecule has 17 heavy (non-hydrogen) atoms. The van der Waals surface area contributed by atoms with Crippen molar-refractivity contribution in [3.8, 4) is 0 Å². The van der Waals surface area contributed by atoms with E-state index in [0.717, 1.165) is 31.0 Å². The lowest BCUT2D eigenvalue weighted by Gasteiger charge is -2.23. The Bertz CT molecular complexity index is 395. The zero-order chi connectivity index (χ0) is 12.5. The Kier molecular flexibility index (Phi) is 3.69. The maximum atomic E-state index is 6.08. The molecule has 1 atom stereocenters. The maximum absolute atomic E-state index is 6.08. The first-order chi connectivity index (χ1) is 7.97. The van der Waals surface area contributed by atoms with Gasteiger partial charge in [0.15, 0.2) is 0 Å². The first-order valence-electron chi connectivity index (χ1n) is 6.09. The van der Waals surface area contributed by atoms with E-state index >= 15 is 0 Å². The summed E-state index contributed by atoms with van der Waals surface area (Å²) in [6.45, 7) is 7.96. The minimum absolute atomic E-state index is 0.00312. The van der Waals surface area contributed by atoms with E-state index in [-0.39, 0.29) is 5.41 Å². The zero-order valence-electron chi connectivity index (χ0n) is 10.7. The van der Waals surface area contributed by atoms with Gasteiger partial charge in [-0.15, -0.1) is 0 Å². The fourth-order valence-electron chi connectivity index (χ4n) is 1.95. The molecule has 1 unspecified atom stereocenters. The van der Waals surface area contributed by atoms with Gasteiger partial charge in [-0.3, -0.25) is 0 Å². The van der Waals surface area contributed by atoms with Crippen molar-refractivity contribution < 1.29 is 4.74 Å². The minimum Gasteiger partial charge on any atom is -0.381 e. The molecular weight excluding hydrogens is 236 g/mol. The second kappa shape index (κ2) is 4.91. The minimum atomic E-state index is -0.00312. The molecule has 0 amide bonds. The third-order valence-corrected chi connectivity index (χ3v) is 3.20. The van der Waals surface area contributed by atoms with Gasteiger partial charge < -0.3 is 4.74 Å². The molecule has 0 N–H and O–H groups in total. The lowest BCUT2D eigenvalue weighted by atomic mass is 9.91. The second-order valence-electron chi connectivity index (χ2n) is 5.60. The predicted molar refractivity (Wildman–Crippen MR) is 68.5 cm³/mol. The topological polar surface area (TPSA) is 35.0 Å². The Morgan fingerprint density at radius 2 is 2.12 bits per heavy atom. The number of ether oxygens (including phenoxy) is 1. The molecule has 4 heteroatoms. The summed E-state index contributed by atoms with van der Waals surface area (Å²) in [6, 6.07) is 1.86. The number of halogens is 1. The zero-order valence-corrected chi connectivity index (χ0v) is 11.4. The van der Waals surface area contributed by atoms with Crippen LogP contribution < -0.4 is 0 Å². The fourth-order valence-corrected chi connectivity index (χ4v) is 2.14. The van der Waals surface area contributed by atoms with Crippen LogP contribution in [0.4, 0.5) is 0 Å². The number of hydrogen-bond acceptors (Lipinski definition) is 3. The number of aromatic nitrogens is 2. The summed E-state index contributed by atoms with van der Waals surface area (Å²) in [5, 5.41) is 0.533. The summed E-state index contributed by atoms with van der Waals surface area (Å²) in [4.78, 5) is 9.00. The van der Waals surface area contributed by atoms with Gasteiger partial charge in [-0.2, -0.15) is 0 Å². The van der Waals surface area contributed by atoms with Gasteiger partial charge in [0.25, 0.3) is 0 Å². The van der Waals surface area contributed by atoms with E-state index < -0.39 is 0 Å². The molecule has 0 spiro atoms. The summed E-state index contributed by atoms with van der Waals surface area (Å²) in [5.41, 5.74) is 0.995. The van der Waals surface area contributed by atoms with E-state index in [0.29, 0.717) is 17.7 Å². The van der Waals surface area contributed by atoms with Gasteiger partial charge in [-0.1, -0.05) is 32.4 Å². The molecule has 1 fully saturated rings. The molecule has 1 saturated heterocycles. The number of hydrogen-bond donors (Lipinski definition) is 0. The lowest BCUT2D eigenvalue weighted by Crippen LogP contribution is -2.21. The van der Waals surface area contributed by atoms with Crippen molar-refractivity contribution >= 4 is 11.6 Å². The van der Waals surface area contributed by atoms with Crippen LogP contribution in [0.2, 0.25) is 5.15 Å².